The smallest absolute Gasteiger partial charge is 0.356 e. The molecule has 2 fully saturated rings. The zero-order valence-electron chi connectivity index (χ0n) is 19.6. The molecule has 1 saturated carbocycles. The number of aromatic carboxylic acids is 1. The molecule has 2 N–H and O–H groups in total. The van der Waals surface area contributed by atoms with Gasteiger partial charge in [0.25, 0.3) is 5.56 Å². The van der Waals surface area contributed by atoms with Gasteiger partial charge in [-0.2, -0.15) is 0 Å². The van der Waals surface area contributed by atoms with Gasteiger partial charge in [0, 0.05) is 24.8 Å². The molecular formula is C25H28ClN5O3. The van der Waals surface area contributed by atoms with E-state index in [2.05, 4.69) is 15.2 Å². The van der Waals surface area contributed by atoms with E-state index in [-0.39, 0.29) is 22.4 Å². The number of halogens is 1. The van der Waals surface area contributed by atoms with Crippen molar-refractivity contribution < 1.29 is 9.90 Å². The van der Waals surface area contributed by atoms with Crippen LogP contribution in [0.15, 0.2) is 29.2 Å². The number of aromatic nitrogens is 3. The van der Waals surface area contributed by atoms with Gasteiger partial charge in [0.05, 0.1) is 17.3 Å². The van der Waals surface area contributed by atoms with Crippen LogP contribution < -0.4 is 15.8 Å². The number of nitrogens with zero attached hydrogens (tertiary/aromatic N) is 4. The Morgan fingerprint density at radius 1 is 1.18 bits per heavy atom. The summed E-state index contributed by atoms with van der Waals surface area (Å²) in [5.41, 5.74) is 3.59. The van der Waals surface area contributed by atoms with E-state index in [9.17, 15) is 14.7 Å². The lowest BCUT2D eigenvalue weighted by Gasteiger charge is -2.34. The van der Waals surface area contributed by atoms with E-state index in [1.54, 1.807) is 22.7 Å². The van der Waals surface area contributed by atoms with E-state index in [1.165, 1.54) is 12.8 Å². The first-order valence-corrected chi connectivity index (χ1v) is 12.0. The molecule has 1 aliphatic carbocycles. The molecule has 3 aromatic heterocycles. The van der Waals surface area contributed by atoms with Gasteiger partial charge in [-0.3, -0.25) is 9.20 Å². The van der Waals surface area contributed by atoms with Gasteiger partial charge in [-0.05, 0) is 75.6 Å². The van der Waals surface area contributed by atoms with Crippen molar-refractivity contribution in [2.75, 3.05) is 23.3 Å². The van der Waals surface area contributed by atoms with Crippen molar-refractivity contribution in [1.29, 1.82) is 0 Å². The molecule has 5 rings (SSSR count). The topological polar surface area (TPSA) is 99.8 Å². The van der Waals surface area contributed by atoms with Gasteiger partial charge in [-0.1, -0.05) is 11.6 Å². The Labute approximate surface area is 202 Å². The lowest BCUT2D eigenvalue weighted by molar-refractivity contribution is 0.0691. The van der Waals surface area contributed by atoms with Crippen LogP contribution in [-0.4, -0.2) is 38.5 Å². The highest BCUT2D eigenvalue weighted by molar-refractivity contribution is 6.29. The van der Waals surface area contributed by atoms with Gasteiger partial charge >= 0.3 is 5.97 Å². The Bertz CT molecular complexity index is 1350. The van der Waals surface area contributed by atoms with Crippen LogP contribution in [0.1, 0.15) is 65.8 Å². The van der Waals surface area contributed by atoms with Crippen LogP contribution in [0.4, 0.5) is 11.5 Å². The maximum atomic E-state index is 13.4. The third-order valence-electron chi connectivity index (χ3n) is 7.27. The van der Waals surface area contributed by atoms with Gasteiger partial charge in [-0.25, -0.2) is 14.8 Å². The van der Waals surface area contributed by atoms with Crippen LogP contribution >= 0.6 is 11.6 Å². The minimum atomic E-state index is -1.17. The van der Waals surface area contributed by atoms with Gasteiger partial charge in [0.15, 0.2) is 5.69 Å². The summed E-state index contributed by atoms with van der Waals surface area (Å²) < 4.78 is 1.60. The first-order chi connectivity index (χ1) is 16.2. The summed E-state index contributed by atoms with van der Waals surface area (Å²) >= 11 is 5.90. The molecule has 178 valence electrons. The average molecular weight is 482 g/mol. The largest absolute Gasteiger partial charge is 0.476 e. The number of carboxylic acids is 1. The van der Waals surface area contributed by atoms with Crippen molar-refractivity contribution in [3.8, 4) is 0 Å². The van der Waals surface area contributed by atoms with Crippen molar-refractivity contribution in [3.05, 3.63) is 62.3 Å². The van der Waals surface area contributed by atoms with Gasteiger partial charge < -0.3 is 15.3 Å². The summed E-state index contributed by atoms with van der Waals surface area (Å²) in [7, 11) is 0. The fourth-order valence-corrected chi connectivity index (χ4v) is 5.15. The Kier molecular flexibility index (Phi) is 5.51. The number of pyridine rings is 2. The van der Waals surface area contributed by atoms with Gasteiger partial charge in [-0.15, -0.1) is 0 Å². The van der Waals surface area contributed by atoms with E-state index in [4.69, 9.17) is 16.6 Å². The van der Waals surface area contributed by atoms with Crippen LogP contribution in [0.25, 0.3) is 5.65 Å². The molecule has 8 nitrogen and oxygen atoms in total. The van der Waals surface area contributed by atoms with Crippen LogP contribution in [0.2, 0.25) is 5.15 Å². The van der Waals surface area contributed by atoms with Crippen LogP contribution in [-0.2, 0) is 0 Å². The Hall–Kier alpha value is -3.13. The second kappa shape index (κ2) is 8.27. The summed E-state index contributed by atoms with van der Waals surface area (Å²) in [6.45, 7) is 7.52. The molecular weight excluding hydrogens is 454 g/mol. The predicted octanol–water partition coefficient (Wildman–Crippen LogP) is 4.61. The summed E-state index contributed by atoms with van der Waals surface area (Å²) in [5.74, 6) is -0.422. The number of carboxylic acid groups (broad SMARTS) is 1. The molecule has 0 aromatic carbocycles. The molecule has 1 atom stereocenters. The molecule has 1 saturated heterocycles. The van der Waals surface area contributed by atoms with E-state index in [0.717, 1.165) is 42.9 Å². The lowest BCUT2D eigenvalue weighted by Crippen LogP contribution is -2.37. The molecule has 3 aromatic rings. The molecule has 0 unspecified atom stereocenters. The zero-order valence-corrected chi connectivity index (χ0v) is 20.3. The number of fused-ring (bicyclic) bond motifs is 1. The fraction of sp³-hybridized carbons (Fsp3) is 0.440. The number of aryl methyl sites for hydroxylation is 1. The normalized spacial score (nSPS) is 17.7. The molecule has 0 radical (unpaired) electrons. The first-order valence-electron chi connectivity index (χ1n) is 11.6. The number of hydrogen-bond acceptors (Lipinski definition) is 6. The third kappa shape index (κ3) is 4.00. The standard InChI is InChI=1S/C25H28ClN5O3/c1-14-12-17(16(3)27-18-4-5-19(26)28-20(18)24(33)34)22-29-21(15(2)23(32)31(22)13-14)30-10-8-25(6-7-25)9-11-30/h4-5,12-13,16,27H,6-11H2,1-3H3,(H,33,34)/t16-/m1/s1. The minimum Gasteiger partial charge on any atom is -0.476 e. The first kappa shape index (κ1) is 22.7. The number of carbonyl (C=O) groups is 1. The third-order valence-corrected chi connectivity index (χ3v) is 7.48. The highest BCUT2D eigenvalue weighted by Gasteiger charge is 2.44. The second-order valence-corrected chi connectivity index (χ2v) is 10.1. The summed E-state index contributed by atoms with van der Waals surface area (Å²) in [6, 6.07) is 4.79. The monoisotopic (exact) mass is 481 g/mol. The fourth-order valence-electron chi connectivity index (χ4n) is 5.01. The number of hydrogen-bond donors (Lipinski definition) is 2. The van der Waals surface area contributed by atoms with Crippen molar-refractivity contribution in [2.24, 2.45) is 5.41 Å². The average Bonchev–Trinajstić information content (AvgIpc) is 3.56. The molecule has 1 aliphatic heterocycles. The van der Waals surface area contributed by atoms with E-state index < -0.39 is 5.97 Å². The van der Waals surface area contributed by atoms with Crippen molar-refractivity contribution in [1.82, 2.24) is 14.4 Å². The van der Waals surface area contributed by atoms with E-state index >= 15 is 0 Å². The highest BCUT2D eigenvalue weighted by Crippen LogP contribution is 2.53. The molecule has 0 bridgehead atoms. The summed E-state index contributed by atoms with van der Waals surface area (Å²) in [4.78, 5) is 36.2. The Balaban J connectivity index is 1.56. The molecule has 2 aliphatic rings. The molecule has 0 amide bonds. The predicted molar refractivity (Wildman–Crippen MR) is 132 cm³/mol. The van der Waals surface area contributed by atoms with Crippen molar-refractivity contribution in [3.63, 3.8) is 0 Å². The number of nitrogens with one attached hydrogen (secondary N) is 1. The maximum absolute atomic E-state index is 13.4. The van der Waals surface area contributed by atoms with Crippen molar-refractivity contribution in [2.45, 2.75) is 52.5 Å². The number of piperidine rings is 1. The Morgan fingerprint density at radius 3 is 2.53 bits per heavy atom. The highest BCUT2D eigenvalue weighted by atomic mass is 35.5. The molecule has 9 heteroatoms. The van der Waals surface area contributed by atoms with Gasteiger partial charge in [0.2, 0.25) is 0 Å². The molecule has 1 spiro atoms. The minimum absolute atomic E-state index is 0.0803. The van der Waals surface area contributed by atoms with Crippen LogP contribution in [0.5, 0.6) is 0 Å². The van der Waals surface area contributed by atoms with E-state index in [1.807, 2.05) is 26.8 Å². The number of rotatable bonds is 5. The molecule has 34 heavy (non-hydrogen) atoms. The lowest BCUT2D eigenvalue weighted by atomic mass is 9.93. The summed E-state index contributed by atoms with van der Waals surface area (Å²) in [6.07, 6.45) is 6.73. The second-order valence-electron chi connectivity index (χ2n) is 9.72. The Morgan fingerprint density at radius 2 is 1.88 bits per heavy atom. The zero-order chi connectivity index (χ0) is 24.2. The molecule has 4 heterocycles. The van der Waals surface area contributed by atoms with Gasteiger partial charge in [0.1, 0.15) is 16.6 Å². The van der Waals surface area contributed by atoms with E-state index in [0.29, 0.717) is 22.3 Å². The quantitative estimate of drug-likeness (QED) is 0.513. The van der Waals surface area contributed by atoms with Crippen molar-refractivity contribution >= 4 is 34.7 Å². The van der Waals surface area contributed by atoms with Crippen LogP contribution in [0, 0.1) is 19.3 Å². The number of anilines is 2. The SMILES string of the molecule is Cc1cc([C@@H](C)Nc2ccc(Cl)nc2C(=O)O)c2nc(N3CCC4(CC3)CC4)c(C)c(=O)n2c1. The summed E-state index contributed by atoms with van der Waals surface area (Å²) in [5, 5.41) is 12.9. The maximum Gasteiger partial charge on any atom is 0.356 e. The van der Waals surface area contributed by atoms with Crippen LogP contribution in [0.3, 0.4) is 0 Å².